The van der Waals surface area contributed by atoms with Crippen molar-refractivity contribution in [2.75, 3.05) is 0 Å². The Morgan fingerprint density at radius 3 is 1.27 bits per heavy atom. The van der Waals surface area contributed by atoms with Crippen molar-refractivity contribution in [1.29, 1.82) is 0 Å². The van der Waals surface area contributed by atoms with Crippen molar-refractivity contribution in [3.63, 3.8) is 0 Å². The van der Waals surface area contributed by atoms with Crippen molar-refractivity contribution in [3.8, 4) is 0 Å². The van der Waals surface area contributed by atoms with Gasteiger partial charge in [0.25, 0.3) is 0 Å². The molecule has 0 fully saturated rings. The van der Waals surface area contributed by atoms with Crippen LogP contribution in [0.3, 0.4) is 0 Å². The Morgan fingerprint density at radius 2 is 0.970 bits per heavy atom. The van der Waals surface area contributed by atoms with Crippen molar-refractivity contribution in [1.82, 2.24) is 0 Å². The third kappa shape index (κ3) is 35.7. The number of allylic oxidation sites excluding steroid dienone is 2. The monoisotopic (exact) mass is 592 g/mol. The van der Waals surface area contributed by atoms with E-state index in [4.69, 9.17) is 0 Å². The van der Waals surface area contributed by atoms with E-state index >= 15 is 0 Å². The molecule has 0 rings (SSSR count). The number of carbonyl (C=O) groups excluding carboxylic acids is 4. The molecule has 0 aromatic heterocycles. The third-order valence-electron chi connectivity index (χ3n) is 4.11. The van der Waals surface area contributed by atoms with Gasteiger partial charge >= 0.3 is 60.8 Å². The standard InChI is InChI=1S/2C12H20O4.Ba/c2*1-2-3-4-5-6-7-10-16-12(15)9-8-11(13)14;/h2*7,10H,2-6,8-9H2,1H3,(H,13,14);/q;;+2/p-2. The van der Waals surface area contributed by atoms with Crippen LogP contribution < -0.4 is 10.2 Å². The average molecular weight is 592 g/mol. The largest absolute Gasteiger partial charge is 2.00 e. The van der Waals surface area contributed by atoms with E-state index in [9.17, 15) is 29.4 Å². The van der Waals surface area contributed by atoms with Crippen LogP contribution in [0.5, 0.6) is 0 Å². The molecule has 0 radical (unpaired) electrons. The predicted octanol–water partition coefficient (Wildman–Crippen LogP) is 2.71. The summed E-state index contributed by atoms with van der Waals surface area (Å²) in [6.45, 7) is 4.30. The van der Waals surface area contributed by atoms with Gasteiger partial charge in [-0.1, -0.05) is 52.4 Å². The summed E-state index contributed by atoms with van der Waals surface area (Å²) in [5.74, 6) is -3.54. The fraction of sp³-hybridized carbons (Fsp3) is 0.667. The number of esters is 2. The molecule has 33 heavy (non-hydrogen) atoms. The second kappa shape index (κ2) is 29.0. The summed E-state index contributed by atoms with van der Waals surface area (Å²) < 4.78 is 9.38. The summed E-state index contributed by atoms with van der Waals surface area (Å²) in [5.41, 5.74) is 0. The molecular formula is C24H38BaO8. The van der Waals surface area contributed by atoms with Crippen LogP contribution in [0.2, 0.25) is 0 Å². The first kappa shape index (κ1) is 36.5. The quantitative estimate of drug-likeness (QED) is 0.103. The van der Waals surface area contributed by atoms with Crippen molar-refractivity contribution in [3.05, 3.63) is 24.7 Å². The molecule has 0 N–H and O–H groups in total. The number of unbranched alkanes of at least 4 members (excludes halogenated alkanes) is 8. The van der Waals surface area contributed by atoms with Crippen molar-refractivity contribution >= 4 is 72.8 Å². The number of carbonyl (C=O) groups is 4. The topological polar surface area (TPSA) is 133 Å². The number of aliphatic carboxylic acids is 2. The number of ether oxygens (including phenoxy) is 2. The Morgan fingerprint density at radius 1 is 0.606 bits per heavy atom. The molecule has 0 aromatic rings. The molecule has 0 heterocycles. The van der Waals surface area contributed by atoms with E-state index in [1.807, 2.05) is 0 Å². The van der Waals surface area contributed by atoms with Gasteiger partial charge in [0.05, 0.1) is 25.4 Å². The summed E-state index contributed by atoms with van der Waals surface area (Å²) in [6.07, 6.45) is 16.5. The zero-order chi connectivity index (χ0) is 24.5. The van der Waals surface area contributed by atoms with Crippen molar-refractivity contribution in [2.24, 2.45) is 0 Å². The Kier molecular flexibility index (Phi) is 32.0. The number of hydrogen-bond acceptors (Lipinski definition) is 8. The second-order valence-electron chi connectivity index (χ2n) is 7.17. The number of rotatable bonds is 18. The first-order chi connectivity index (χ1) is 15.3. The Balaban J connectivity index is -0.000000529. The summed E-state index contributed by atoms with van der Waals surface area (Å²) in [5, 5.41) is 20.1. The minimum atomic E-state index is -1.24. The summed E-state index contributed by atoms with van der Waals surface area (Å²) in [4.78, 5) is 41.9. The molecular weight excluding hydrogens is 554 g/mol. The van der Waals surface area contributed by atoms with E-state index < -0.39 is 23.9 Å². The molecule has 0 unspecified atom stereocenters. The van der Waals surface area contributed by atoms with Gasteiger partial charge in [0.15, 0.2) is 0 Å². The normalized spacial score (nSPS) is 10.2. The van der Waals surface area contributed by atoms with E-state index in [1.165, 1.54) is 51.0 Å². The van der Waals surface area contributed by atoms with E-state index in [0.717, 1.165) is 25.7 Å². The maximum absolute atomic E-state index is 10.9. The molecule has 0 aliphatic heterocycles. The predicted molar refractivity (Wildman–Crippen MR) is 122 cm³/mol. The number of carboxylic acid groups (broad SMARTS) is 2. The molecule has 0 atom stereocenters. The Hall–Kier alpha value is -1.07. The molecule has 184 valence electrons. The van der Waals surface area contributed by atoms with Crippen molar-refractivity contribution in [2.45, 2.75) is 104 Å². The third-order valence-corrected chi connectivity index (χ3v) is 4.11. The van der Waals surface area contributed by atoms with E-state index in [2.05, 4.69) is 23.3 Å². The molecule has 0 amide bonds. The van der Waals surface area contributed by atoms with Gasteiger partial charge in [-0.05, 0) is 50.7 Å². The Bertz CT molecular complexity index is 523. The minimum Gasteiger partial charge on any atom is -0.550 e. The van der Waals surface area contributed by atoms with Crippen LogP contribution in [0, 0.1) is 0 Å². The Labute approximate surface area is 238 Å². The molecule has 0 bridgehead atoms. The maximum Gasteiger partial charge on any atom is 2.00 e. The molecule has 0 aliphatic rings. The molecule has 9 heteroatoms. The van der Waals surface area contributed by atoms with Gasteiger partial charge in [0.1, 0.15) is 0 Å². The van der Waals surface area contributed by atoms with Gasteiger partial charge in [0, 0.05) is 11.9 Å². The number of hydrogen-bond donors (Lipinski definition) is 0. The van der Waals surface area contributed by atoms with Crippen LogP contribution in [0.1, 0.15) is 104 Å². The zero-order valence-corrected chi connectivity index (χ0v) is 24.6. The minimum absolute atomic E-state index is 0. The molecule has 0 saturated carbocycles. The van der Waals surface area contributed by atoms with Gasteiger partial charge in [0.2, 0.25) is 0 Å². The van der Waals surface area contributed by atoms with Crippen LogP contribution in [0.15, 0.2) is 24.7 Å². The zero-order valence-electron chi connectivity index (χ0n) is 20.2. The molecule has 0 saturated heterocycles. The van der Waals surface area contributed by atoms with Crippen LogP contribution in [-0.4, -0.2) is 72.8 Å². The molecule has 0 aliphatic carbocycles. The van der Waals surface area contributed by atoms with Gasteiger partial charge in [-0.2, -0.15) is 0 Å². The summed E-state index contributed by atoms with van der Waals surface area (Å²) in [7, 11) is 0. The van der Waals surface area contributed by atoms with Gasteiger partial charge in [-0.25, -0.2) is 0 Å². The van der Waals surface area contributed by atoms with Crippen LogP contribution in [-0.2, 0) is 28.7 Å². The first-order valence-electron chi connectivity index (χ1n) is 11.4. The molecule has 8 nitrogen and oxygen atoms in total. The fourth-order valence-electron chi connectivity index (χ4n) is 2.29. The van der Waals surface area contributed by atoms with Gasteiger partial charge < -0.3 is 29.3 Å². The fourth-order valence-corrected chi connectivity index (χ4v) is 2.29. The smallest absolute Gasteiger partial charge is 0.550 e. The van der Waals surface area contributed by atoms with E-state index in [0.29, 0.717) is 0 Å². The summed E-state index contributed by atoms with van der Waals surface area (Å²) in [6, 6.07) is 0. The van der Waals surface area contributed by atoms with E-state index in [1.54, 1.807) is 12.2 Å². The van der Waals surface area contributed by atoms with Gasteiger partial charge in [-0.3, -0.25) is 9.59 Å². The maximum atomic E-state index is 10.9. The van der Waals surface area contributed by atoms with Crippen LogP contribution >= 0.6 is 0 Å². The van der Waals surface area contributed by atoms with Gasteiger partial charge in [-0.15, -0.1) is 0 Å². The van der Waals surface area contributed by atoms with Crippen LogP contribution in [0.25, 0.3) is 0 Å². The molecule has 0 spiro atoms. The number of carboxylic acids is 2. The van der Waals surface area contributed by atoms with Crippen molar-refractivity contribution < 1.29 is 38.9 Å². The first-order valence-corrected chi connectivity index (χ1v) is 11.4. The van der Waals surface area contributed by atoms with Crippen LogP contribution in [0.4, 0.5) is 0 Å². The van der Waals surface area contributed by atoms with E-state index in [-0.39, 0.29) is 74.6 Å². The second-order valence-corrected chi connectivity index (χ2v) is 7.17. The average Bonchev–Trinajstić information content (AvgIpc) is 2.75. The SMILES string of the molecule is CCCCCCC=COC(=O)CCC(=O)[O-].CCCCCCC=COC(=O)CCC(=O)[O-].[Ba+2]. The molecule has 0 aromatic carbocycles. The summed E-state index contributed by atoms with van der Waals surface area (Å²) >= 11 is 0.